The fraction of sp³-hybridized carbons (Fsp3) is 0.529. The van der Waals surface area contributed by atoms with Crippen LogP contribution in [0.4, 0.5) is 5.82 Å². The van der Waals surface area contributed by atoms with Crippen molar-refractivity contribution in [3.8, 4) is 0 Å². The number of hydrogen-bond donors (Lipinski definition) is 0. The van der Waals surface area contributed by atoms with Crippen LogP contribution in [0.15, 0.2) is 24.3 Å². The fourth-order valence-corrected chi connectivity index (χ4v) is 3.45. The second-order valence-electron chi connectivity index (χ2n) is 6.19. The number of rotatable bonds is 1. The van der Waals surface area contributed by atoms with E-state index in [0.29, 0.717) is 0 Å². The Balaban J connectivity index is 1.67. The third kappa shape index (κ3) is 2.44. The summed E-state index contributed by atoms with van der Waals surface area (Å²) in [4.78, 5) is 11.9. The second-order valence-corrected chi connectivity index (χ2v) is 6.19. The molecule has 3 heterocycles. The van der Waals surface area contributed by atoms with E-state index in [1.54, 1.807) is 0 Å². The first-order chi connectivity index (χ1) is 10.8. The van der Waals surface area contributed by atoms with Gasteiger partial charge in [0.05, 0.1) is 28.9 Å². The van der Waals surface area contributed by atoms with Gasteiger partial charge in [-0.15, -0.1) is 0 Å². The molecule has 0 unspecified atom stereocenters. The maximum atomic E-state index is 6.12. The van der Waals surface area contributed by atoms with Gasteiger partial charge in [-0.1, -0.05) is 12.1 Å². The van der Waals surface area contributed by atoms with Gasteiger partial charge in [0, 0.05) is 39.1 Å². The number of ether oxygens (including phenoxy) is 2. The van der Waals surface area contributed by atoms with Crippen molar-refractivity contribution < 1.29 is 9.47 Å². The summed E-state index contributed by atoms with van der Waals surface area (Å²) in [6.07, 6.45) is 1.92. The maximum absolute atomic E-state index is 6.12. The Bertz CT molecular complexity index is 677. The van der Waals surface area contributed by atoms with E-state index in [1.165, 1.54) is 0 Å². The lowest BCUT2D eigenvalue weighted by Gasteiger charge is -2.45. The Morgan fingerprint density at radius 3 is 2.55 bits per heavy atom. The van der Waals surface area contributed by atoms with Crippen LogP contribution >= 0.6 is 0 Å². The van der Waals surface area contributed by atoms with Crippen molar-refractivity contribution >= 4 is 16.9 Å². The van der Waals surface area contributed by atoms with Gasteiger partial charge in [0.25, 0.3) is 0 Å². The number of aryl methyl sites for hydroxylation is 1. The molecule has 0 radical (unpaired) electrons. The Labute approximate surface area is 130 Å². The van der Waals surface area contributed by atoms with Crippen LogP contribution in [0.3, 0.4) is 0 Å². The zero-order valence-electron chi connectivity index (χ0n) is 12.9. The fourth-order valence-electron chi connectivity index (χ4n) is 3.45. The number of benzene rings is 1. The minimum absolute atomic E-state index is 0.0731. The Morgan fingerprint density at radius 1 is 1.05 bits per heavy atom. The summed E-state index contributed by atoms with van der Waals surface area (Å²) >= 11 is 0. The van der Waals surface area contributed by atoms with Crippen molar-refractivity contribution in [3.63, 3.8) is 0 Å². The standard InChI is InChI=1S/C17H21N3O2/c1-13-16(19-15-5-3-2-4-14(15)18-13)20-8-11-22-17(12-20)6-9-21-10-7-17/h2-5H,6-12H2,1H3. The number of hydrogen-bond acceptors (Lipinski definition) is 5. The van der Waals surface area contributed by atoms with Crippen LogP contribution < -0.4 is 4.90 Å². The predicted molar refractivity (Wildman–Crippen MR) is 85.2 cm³/mol. The summed E-state index contributed by atoms with van der Waals surface area (Å²) < 4.78 is 11.6. The smallest absolute Gasteiger partial charge is 0.150 e. The number of para-hydroxylation sites is 2. The lowest BCUT2D eigenvalue weighted by molar-refractivity contribution is -0.116. The molecule has 2 aliphatic rings. The minimum Gasteiger partial charge on any atom is -0.381 e. The van der Waals surface area contributed by atoms with Crippen LogP contribution in [0.25, 0.3) is 11.0 Å². The minimum atomic E-state index is -0.0731. The van der Waals surface area contributed by atoms with E-state index in [0.717, 1.165) is 68.3 Å². The van der Waals surface area contributed by atoms with Crippen LogP contribution in [0, 0.1) is 6.92 Å². The van der Waals surface area contributed by atoms with Crippen LogP contribution in [0.2, 0.25) is 0 Å². The molecule has 22 heavy (non-hydrogen) atoms. The first kappa shape index (κ1) is 13.9. The highest BCUT2D eigenvalue weighted by Crippen LogP contribution is 2.32. The average molecular weight is 299 g/mol. The molecule has 1 aromatic heterocycles. The SMILES string of the molecule is Cc1nc2ccccc2nc1N1CCOC2(CCOCC2)C1. The van der Waals surface area contributed by atoms with Crippen LogP contribution in [0.5, 0.6) is 0 Å². The van der Waals surface area contributed by atoms with Crippen LogP contribution in [0.1, 0.15) is 18.5 Å². The highest BCUT2D eigenvalue weighted by atomic mass is 16.5. The van der Waals surface area contributed by atoms with E-state index in [1.807, 2.05) is 31.2 Å². The molecular formula is C17H21N3O2. The zero-order chi connectivity index (χ0) is 15.0. The highest BCUT2D eigenvalue weighted by molar-refractivity contribution is 5.76. The lowest BCUT2D eigenvalue weighted by atomic mass is 9.92. The van der Waals surface area contributed by atoms with Gasteiger partial charge in [0.15, 0.2) is 5.82 Å². The molecule has 0 aliphatic carbocycles. The summed E-state index contributed by atoms with van der Waals surface area (Å²) in [5.41, 5.74) is 2.83. The molecule has 0 bridgehead atoms. The summed E-state index contributed by atoms with van der Waals surface area (Å²) in [6.45, 7) is 6.11. The van der Waals surface area contributed by atoms with E-state index in [-0.39, 0.29) is 5.60 Å². The van der Waals surface area contributed by atoms with Crippen molar-refractivity contribution in [1.29, 1.82) is 0 Å². The van der Waals surface area contributed by atoms with Gasteiger partial charge in [-0.25, -0.2) is 9.97 Å². The first-order valence-electron chi connectivity index (χ1n) is 7.96. The van der Waals surface area contributed by atoms with Gasteiger partial charge in [-0.3, -0.25) is 0 Å². The van der Waals surface area contributed by atoms with Crippen molar-refractivity contribution in [2.24, 2.45) is 0 Å². The number of fused-ring (bicyclic) bond motifs is 1. The van der Waals surface area contributed by atoms with Gasteiger partial charge < -0.3 is 14.4 Å². The third-order valence-corrected chi connectivity index (χ3v) is 4.67. The van der Waals surface area contributed by atoms with Gasteiger partial charge in [0.2, 0.25) is 0 Å². The topological polar surface area (TPSA) is 47.5 Å². The summed E-state index contributed by atoms with van der Waals surface area (Å²) in [5, 5.41) is 0. The molecule has 1 spiro atoms. The number of anilines is 1. The second kappa shape index (κ2) is 5.48. The molecule has 1 aromatic carbocycles. The molecule has 2 fully saturated rings. The maximum Gasteiger partial charge on any atom is 0.150 e. The Hall–Kier alpha value is -1.72. The summed E-state index contributed by atoms with van der Waals surface area (Å²) in [6, 6.07) is 8.05. The molecule has 5 heteroatoms. The molecule has 0 saturated carbocycles. The normalized spacial score (nSPS) is 21.4. The molecule has 0 atom stereocenters. The molecule has 0 N–H and O–H groups in total. The van der Waals surface area contributed by atoms with E-state index >= 15 is 0 Å². The van der Waals surface area contributed by atoms with E-state index in [4.69, 9.17) is 19.4 Å². The van der Waals surface area contributed by atoms with E-state index in [9.17, 15) is 0 Å². The monoisotopic (exact) mass is 299 g/mol. The van der Waals surface area contributed by atoms with E-state index in [2.05, 4.69) is 4.90 Å². The highest BCUT2D eigenvalue weighted by Gasteiger charge is 2.39. The van der Waals surface area contributed by atoms with Crippen molar-refractivity contribution in [3.05, 3.63) is 30.0 Å². The molecule has 0 amide bonds. The van der Waals surface area contributed by atoms with Crippen molar-refractivity contribution in [2.75, 3.05) is 37.8 Å². The molecule has 5 nitrogen and oxygen atoms in total. The number of aromatic nitrogens is 2. The molecule has 4 rings (SSSR count). The number of nitrogens with zero attached hydrogens (tertiary/aromatic N) is 3. The largest absolute Gasteiger partial charge is 0.381 e. The van der Waals surface area contributed by atoms with Gasteiger partial charge in [0.1, 0.15) is 0 Å². The zero-order valence-corrected chi connectivity index (χ0v) is 12.9. The average Bonchev–Trinajstić information content (AvgIpc) is 2.55. The van der Waals surface area contributed by atoms with E-state index < -0.39 is 0 Å². The molecule has 2 aromatic rings. The predicted octanol–water partition coefficient (Wildman–Crippen LogP) is 2.32. The Morgan fingerprint density at radius 2 is 1.77 bits per heavy atom. The van der Waals surface area contributed by atoms with Gasteiger partial charge in [-0.05, 0) is 19.1 Å². The lowest BCUT2D eigenvalue weighted by Crippen LogP contribution is -2.54. The molecule has 2 saturated heterocycles. The van der Waals surface area contributed by atoms with Crippen molar-refractivity contribution in [1.82, 2.24) is 9.97 Å². The van der Waals surface area contributed by atoms with Gasteiger partial charge >= 0.3 is 0 Å². The summed E-state index contributed by atoms with van der Waals surface area (Å²) in [7, 11) is 0. The van der Waals surface area contributed by atoms with Crippen molar-refractivity contribution in [2.45, 2.75) is 25.4 Å². The molecular weight excluding hydrogens is 278 g/mol. The van der Waals surface area contributed by atoms with Crippen LogP contribution in [-0.2, 0) is 9.47 Å². The molecule has 2 aliphatic heterocycles. The number of morpholine rings is 1. The first-order valence-corrected chi connectivity index (χ1v) is 7.96. The third-order valence-electron chi connectivity index (χ3n) is 4.67. The molecule has 116 valence electrons. The van der Waals surface area contributed by atoms with Crippen LogP contribution in [-0.4, -0.2) is 48.5 Å². The van der Waals surface area contributed by atoms with Gasteiger partial charge in [-0.2, -0.15) is 0 Å². The Kier molecular flexibility index (Phi) is 3.47. The quantitative estimate of drug-likeness (QED) is 0.809. The summed E-state index contributed by atoms with van der Waals surface area (Å²) in [5.74, 6) is 0.993.